The van der Waals surface area contributed by atoms with Crippen LogP contribution in [0.2, 0.25) is 0 Å². The van der Waals surface area contributed by atoms with Gasteiger partial charge in [-0.25, -0.2) is 9.78 Å². The number of fused-ring (bicyclic) bond motifs is 1. The Kier molecular flexibility index (Phi) is 4.81. The number of nitrogens with zero attached hydrogens (tertiary/aromatic N) is 5. The molecular formula is C22H31N7O3. The van der Waals surface area contributed by atoms with Crippen LogP contribution in [0.1, 0.15) is 74.1 Å². The van der Waals surface area contributed by atoms with Crippen LogP contribution in [0.25, 0.3) is 0 Å². The van der Waals surface area contributed by atoms with Gasteiger partial charge < -0.3 is 19.5 Å². The smallest absolute Gasteiger partial charge is 0.321 e. The van der Waals surface area contributed by atoms with E-state index in [1.807, 2.05) is 23.6 Å². The number of hydrogen-bond acceptors (Lipinski definition) is 6. The van der Waals surface area contributed by atoms with Crippen LogP contribution in [0.5, 0.6) is 0 Å². The summed E-state index contributed by atoms with van der Waals surface area (Å²) >= 11 is 0. The number of aromatic nitrogens is 3. The average Bonchev–Trinajstić information content (AvgIpc) is 3.22. The number of oxazole rings is 1. The summed E-state index contributed by atoms with van der Waals surface area (Å²) in [5.41, 5.74) is 1.35. The molecule has 0 bridgehead atoms. The molecule has 2 N–H and O–H groups in total. The van der Waals surface area contributed by atoms with E-state index in [9.17, 15) is 9.59 Å². The minimum absolute atomic E-state index is 0.00917. The Morgan fingerprint density at radius 3 is 2.69 bits per heavy atom. The quantitative estimate of drug-likeness (QED) is 0.758. The fourth-order valence-corrected chi connectivity index (χ4v) is 4.73. The van der Waals surface area contributed by atoms with Gasteiger partial charge in [-0.1, -0.05) is 0 Å². The standard InChI is InChI=1S/C22H31N7O3/c1-12-9-28(13(2)8-27(12)5)21(31)29-10-15-17(22(29,3)4)25-26-18(15)24-19(30)16-11-32-20(23-16)14-6-7-14/h11-14H,6-10H2,1-5H3,(H2,24,25,26,30)/t12-,13+/m1/s1. The summed E-state index contributed by atoms with van der Waals surface area (Å²) in [5.74, 6) is 1.03. The minimum Gasteiger partial charge on any atom is -0.448 e. The van der Waals surface area contributed by atoms with Crippen LogP contribution >= 0.6 is 0 Å². The van der Waals surface area contributed by atoms with Crippen molar-refractivity contribution in [2.75, 3.05) is 25.5 Å². The lowest BCUT2D eigenvalue weighted by molar-refractivity contribution is 0.0457. The predicted molar refractivity (Wildman–Crippen MR) is 117 cm³/mol. The molecule has 10 nitrogen and oxygen atoms in total. The first-order valence-corrected chi connectivity index (χ1v) is 11.3. The Morgan fingerprint density at radius 2 is 1.97 bits per heavy atom. The van der Waals surface area contributed by atoms with Gasteiger partial charge in [-0.15, -0.1) is 0 Å². The topological polar surface area (TPSA) is 111 Å². The Hall–Kier alpha value is -2.88. The van der Waals surface area contributed by atoms with Crippen LogP contribution in [0.15, 0.2) is 10.7 Å². The van der Waals surface area contributed by atoms with Gasteiger partial charge in [0.2, 0.25) is 0 Å². The molecule has 2 aromatic rings. The molecule has 5 rings (SSSR count). The second-order valence-electron chi connectivity index (χ2n) is 9.94. The first kappa shape index (κ1) is 21.0. The van der Waals surface area contributed by atoms with Crippen molar-refractivity contribution in [3.05, 3.63) is 29.1 Å². The maximum Gasteiger partial charge on any atom is 0.321 e. The molecule has 1 saturated carbocycles. The summed E-state index contributed by atoms with van der Waals surface area (Å²) in [4.78, 5) is 36.7. The Balaban J connectivity index is 1.33. The third kappa shape index (κ3) is 3.37. The molecule has 2 aliphatic heterocycles. The van der Waals surface area contributed by atoms with E-state index in [4.69, 9.17) is 4.42 Å². The first-order valence-electron chi connectivity index (χ1n) is 11.3. The SMILES string of the molecule is C[C@@H]1CN(C(=O)N2Cc3c(NC(=O)c4coc(C5CC5)n4)n[nH]c3C2(C)C)[C@@H](C)CN1C. The van der Waals surface area contributed by atoms with Gasteiger partial charge in [0.05, 0.1) is 17.8 Å². The van der Waals surface area contributed by atoms with Crippen LogP contribution < -0.4 is 5.32 Å². The lowest BCUT2D eigenvalue weighted by Gasteiger charge is -2.45. The van der Waals surface area contributed by atoms with Crippen LogP contribution in [-0.2, 0) is 12.1 Å². The molecule has 0 unspecified atom stereocenters. The molecule has 1 aliphatic carbocycles. The third-order valence-corrected chi connectivity index (χ3v) is 7.16. The molecule has 2 aromatic heterocycles. The average molecular weight is 442 g/mol. The van der Waals surface area contributed by atoms with Crippen molar-refractivity contribution >= 4 is 17.8 Å². The molecule has 0 aromatic carbocycles. The minimum atomic E-state index is -0.568. The van der Waals surface area contributed by atoms with E-state index in [0.717, 1.165) is 30.6 Å². The normalized spacial score (nSPS) is 25.2. The van der Waals surface area contributed by atoms with Gasteiger partial charge in [0.1, 0.15) is 6.26 Å². The molecular weight excluding hydrogens is 410 g/mol. The summed E-state index contributed by atoms with van der Waals surface area (Å²) in [7, 11) is 2.09. The fraction of sp³-hybridized carbons (Fsp3) is 0.636. The van der Waals surface area contributed by atoms with Crippen LogP contribution in [0, 0.1) is 0 Å². The molecule has 1 saturated heterocycles. The lowest BCUT2D eigenvalue weighted by atomic mass is 10.0. The van der Waals surface area contributed by atoms with Crippen molar-refractivity contribution in [3.63, 3.8) is 0 Å². The fourth-order valence-electron chi connectivity index (χ4n) is 4.73. The van der Waals surface area contributed by atoms with Gasteiger partial charge in [-0.05, 0) is 47.6 Å². The number of carbonyl (C=O) groups is 2. The highest BCUT2D eigenvalue weighted by Gasteiger charge is 2.46. The highest BCUT2D eigenvalue weighted by molar-refractivity contribution is 6.02. The second kappa shape index (κ2) is 7.33. The van der Waals surface area contributed by atoms with Gasteiger partial charge >= 0.3 is 6.03 Å². The number of carbonyl (C=O) groups excluding carboxylic acids is 2. The van der Waals surface area contributed by atoms with Crippen LogP contribution in [0.3, 0.4) is 0 Å². The van der Waals surface area contributed by atoms with E-state index in [1.165, 1.54) is 6.26 Å². The molecule has 32 heavy (non-hydrogen) atoms. The molecule has 3 amide bonds. The van der Waals surface area contributed by atoms with Crippen molar-refractivity contribution in [3.8, 4) is 0 Å². The van der Waals surface area contributed by atoms with E-state index in [2.05, 4.69) is 46.3 Å². The van der Waals surface area contributed by atoms with Gasteiger partial charge in [-0.3, -0.25) is 14.8 Å². The number of piperazine rings is 1. The van der Waals surface area contributed by atoms with E-state index in [1.54, 1.807) is 0 Å². The van der Waals surface area contributed by atoms with Crippen molar-refractivity contribution < 1.29 is 14.0 Å². The zero-order valence-corrected chi connectivity index (χ0v) is 19.3. The predicted octanol–water partition coefficient (Wildman–Crippen LogP) is 2.72. The van der Waals surface area contributed by atoms with Gasteiger partial charge in [0.15, 0.2) is 17.4 Å². The number of rotatable bonds is 3. The maximum absolute atomic E-state index is 13.6. The zero-order valence-electron chi connectivity index (χ0n) is 19.3. The second-order valence-corrected chi connectivity index (χ2v) is 9.94. The van der Waals surface area contributed by atoms with Crippen molar-refractivity contribution in [1.82, 2.24) is 29.9 Å². The first-order chi connectivity index (χ1) is 15.2. The monoisotopic (exact) mass is 441 g/mol. The Labute approximate surface area is 187 Å². The Bertz CT molecular complexity index is 1050. The van der Waals surface area contributed by atoms with Crippen LogP contribution in [0.4, 0.5) is 10.6 Å². The van der Waals surface area contributed by atoms with Crippen molar-refractivity contribution in [2.45, 2.75) is 70.6 Å². The lowest BCUT2D eigenvalue weighted by Crippen LogP contribution is -2.60. The number of aromatic amines is 1. The van der Waals surface area contributed by atoms with Gasteiger partial charge in [-0.2, -0.15) is 5.10 Å². The molecule has 0 radical (unpaired) electrons. The number of hydrogen-bond donors (Lipinski definition) is 2. The molecule has 0 spiro atoms. The number of likely N-dealkylation sites (N-methyl/N-ethyl adjacent to an activating group) is 1. The number of H-pyrrole nitrogens is 1. The summed E-state index contributed by atoms with van der Waals surface area (Å²) in [6.45, 7) is 10.1. The third-order valence-electron chi connectivity index (χ3n) is 7.16. The number of amides is 3. The van der Waals surface area contributed by atoms with Gasteiger partial charge in [0, 0.05) is 36.7 Å². The molecule has 2 fully saturated rings. The van der Waals surface area contributed by atoms with Gasteiger partial charge in [0.25, 0.3) is 5.91 Å². The number of urea groups is 1. The summed E-state index contributed by atoms with van der Waals surface area (Å²) < 4.78 is 5.43. The van der Waals surface area contributed by atoms with Crippen molar-refractivity contribution in [1.29, 1.82) is 0 Å². The molecule has 10 heteroatoms. The van der Waals surface area contributed by atoms with E-state index in [0.29, 0.717) is 36.8 Å². The van der Waals surface area contributed by atoms with Crippen LogP contribution in [-0.4, -0.2) is 74.0 Å². The zero-order chi connectivity index (χ0) is 22.8. The van der Waals surface area contributed by atoms with E-state index >= 15 is 0 Å². The molecule has 4 heterocycles. The number of anilines is 1. The molecule has 2 atom stereocenters. The van der Waals surface area contributed by atoms with E-state index in [-0.39, 0.29) is 23.7 Å². The summed E-state index contributed by atoms with van der Waals surface area (Å²) in [5, 5.41) is 10.2. The molecule has 172 valence electrons. The highest BCUT2D eigenvalue weighted by atomic mass is 16.3. The van der Waals surface area contributed by atoms with E-state index < -0.39 is 5.54 Å². The maximum atomic E-state index is 13.6. The molecule has 3 aliphatic rings. The largest absolute Gasteiger partial charge is 0.448 e. The van der Waals surface area contributed by atoms with Crippen molar-refractivity contribution in [2.24, 2.45) is 0 Å². The summed E-state index contributed by atoms with van der Waals surface area (Å²) in [6.07, 6.45) is 3.50. The summed E-state index contributed by atoms with van der Waals surface area (Å²) in [6, 6.07) is 0.441. The number of nitrogens with one attached hydrogen (secondary N) is 2. The highest BCUT2D eigenvalue weighted by Crippen LogP contribution is 2.42. The Morgan fingerprint density at radius 1 is 1.22 bits per heavy atom.